The minimum atomic E-state index is -0.811. The Kier molecular flexibility index (Phi) is 4.61. The second-order valence-corrected chi connectivity index (χ2v) is 3.33. The topological polar surface area (TPSA) is 117 Å². The van der Waals surface area contributed by atoms with Gasteiger partial charge in [-0.15, -0.1) is 0 Å². The number of aliphatic hydroxyl groups excluding tert-OH is 1. The fraction of sp³-hybridized carbons (Fsp3) is 0.444. The summed E-state index contributed by atoms with van der Waals surface area (Å²) in [6, 6.07) is 2.50. The van der Waals surface area contributed by atoms with Gasteiger partial charge in [-0.25, -0.2) is 4.98 Å². The predicted octanol–water partition coefficient (Wildman–Crippen LogP) is -0.340. The Bertz CT molecular complexity index is 403. The molecule has 0 saturated carbocycles. The number of nitro groups is 1. The number of nitrogens with zero attached hydrogens (tertiary/aromatic N) is 1. The molecule has 1 rings (SSSR count). The number of carbonyl (C=O) groups excluding carboxylic acids is 1. The van der Waals surface area contributed by atoms with Gasteiger partial charge in [0.2, 0.25) is 0 Å². The molecule has 0 aromatic carbocycles. The highest BCUT2D eigenvalue weighted by atomic mass is 16.6. The van der Waals surface area contributed by atoms with E-state index in [4.69, 9.17) is 0 Å². The van der Waals surface area contributed by atoms with Gasteiger partial charge in [0, 0.05) is 19.7 Å². The highest BCUT2D eigenvalue weighted by molar-refractivity contribution is 5.92. The first kappa shape index (κ1) is 13.1. The minimum absolute atomic E-state index is 0.0134. The maximum atomic E-state index is 11.5. The molecule has 3 N–H and O–H groups in total. The Hall–Kier alpha value is -1.93. The number of aromatic nitrogens is 1. The van der Waals surface area contributed by atoms with Gasteiger partial charge in [-0.3, -0.25) is 4.79 Å². The number of aromatic amines is 1. The summed E-state index contributed by atoms with van der Waals surface area (Å²) in [4.78, 5) is 23.6. The van der Waals surface area contributed by atoms with Crippen LogP contribution in [0.4, 0.5) is 5.82 Å². The van der Waals surface area contributed by atoms with Crippen molar-refractivity contribution in [3.8, 4) is 0 Å². The Morgan fingerprint density at radius 3 is 2.94 bits per heavy atom. The standard InChI is InChI=1S/C9H13N3O5/c1-17-5-6(13)4-10-9(14)7-2-3-8(11-7)12(15)16/h2-3,6,11,13H,4-5H2,1H3,(H,10,14). The number of rotatable bonds is 6. The van der Waals surface area contributed by atoms with Crippen molar-refractivity contribution >= 4 is 11.7 Å². The molecule has 0 fully saturated rings. The average molecular weight is 243 g/mol. The quantitative estimate of drug-likeness (QED) is 0.466. The van der Waals surface area contributed by atoms with Crippen LogP contribution in [0.2, 0.25) is 0 Å². The van der Waals surface area contributed by atoms with E-state index in [0.717, 1.165) is 0 Å². The number of aliphatic hydroxyl groups is 1. The van der Waals surface area contributed by atoms with Crippen molar-refractivity contribution in [2.75, 3.05) is 20.3 Å². The summed E-state index contributed by atoms with van der Waals surface area (Å²) in [5.74, 6) is -0.777. The van der Waals surface area contributed by atoms with E-state index in [1.807, 2.05) is 0 Å². The normalized spacial score (nSPS) is 12.1. The molecule has 94 valence electrons. The smallest absolute Gasteiger partial charge is 0.321 e. The second kappa shape index (κ2) is 5.97. The third-order valence-corrected chi connectivity index (χ3v) is 1.97. The lowest BCUT2D eigenvalue weighted by Gasteiger charge is -2.09. The minimum Gasteiger partial charge on any atom is -0.389 e. The summed E-state index contributed by atoms with van der Waals surface area (Å²) in [7, 11) is 1.43. The lowest BCUT2D eigenvalue weighted by molar-refractivity contribution is -0.389. The van der Waals surface area contributed by atoms with Gasteiger partial charge in [-0.1, -0.05) is 0 Å². The van der Waals surface area contributed by atoms with E-state index >= 15 is 0 Å². The maximum absolute atomic E-state index is 11.5. The lowest BCUT2D eigenvalue weighted by atomic mass is 10.3. The second-order valence-electron chi connectivity index (χ2n) is 3.33. The summed E-state index contributed by atoms with van der Waals surface area (Å²) in [5.41, 5.74) is 0.0707. The lowest BCUT2D eigenvalue weighted by Crippen LogP contribution is -2.34. The molecule has 0 saturated heterocycles. The fourth-order valence-electron chi connectivity index (χ4n) is 1.18. The molecule has 8 heteroatoms. The zero-order chi connectivity index (χ0) is 12.8. The molecule has 1 aromatic heterocycles. The van der Waals surface area contributed by atoms with Gasteiger partial charge in [0.1, 0.15) is 0 Å². The Morgan fingerprint density at radius 2 is 2.41 bits per heavy atom. The van der Waals surface area contributed by atoms with Crippen LogP contribution in [-0.2, 0) is 4.74 Å². The molecule has 0 radical (unpaired) electrons. The van der Waals surface area contributed by atoms with E-state index in [2.05, 4.69) is 15.0 Å². The van der Waals surface area contributed by atoms with Crippen molar-refractivity contribution in [3.05, 3.63) is 27.9 Å². The molecule has 1 heterocycles. The molecule has 0 aliphatic heterocycles. The number of H-pyrrole nitrogens is 1. The number of carbonyl (C=O) groups is 1. The third-order valence-electron chi connectivity index (χ3n) is 1.97. The van der Waals surface area contributed by atoms with E-state index < -0.39 is 16.9 Å². The van der Waals surface area contributed by atoms with E-state index in [-0.39, 0.29) is 24.7 Å². The zero-order valence-electron chi connectivity index (χ0n) is 9.17. The molecule has 0 spiro atoms. The van der Waals surface area contributed by atoms with Gasteiger partial charge >= 0.3 is 5.82 Å². The van der Waals surface area contributed by atoms with Crippen LogP contribution < -0.4 is 5.32 Å². The molecule has 1 atom stereocenters. The molecule has 0 aliphatic rings. The van der Waals surface area contributed by atoms with Crippen molar-refractivity contribution in [3.63, 3.8) is 0 Å². The van der Waals surface area contributed by atoms with Gasteiger partial charge in [-0.05, 0) is 11.0 Å². The van der Waals surface area contributed by atoms with Crippen LogP contribution in [0.15, 0.2) is 12.1 Å². The number of methoxy groups -OCH3 is 1. The number of hydrogen-bond donors (Lipinski definition) is 3. The highest BCUT2D eigenvalue weighted by Gasteiger charge is 2.15. The highest BCUT2D eigenvalue weighted by Crippen LogP contribution is 2.09. The van der Waals surface area contributed by atoms with Gasteiger partial charge in [0.05, 0.1) is 12.7 Å². The van der Waals surface area contributed by atoms with Crippen molar-refractivity contribution in [1.82, 2.24) is 10.3 Å². The summed E-state index contributed by atoms with van der Waals surface area (Å²) in [5, 5.41) is 22.1. The third kappa shape index (κ3) is 3.85. The average Bonchev–Trinajstić information content (AvgIpc) is 2.75. The largest absolute Gasteiger partial charge is 0.389 e. The van der Waals surface area contributed by atoms with Gasteiger partial charge < -0.3 is 25.3 Å². The molecule has 1 aromatic rings. The Balaban J connectivity index is 2.49. The van der Waals surface area contributed by atoms with E-state index in [1.54, 1.807) is 0 Å². The molecule has 1 unspecified atom stereocenters. The fourth-order valence-corrected chi connectivity index (χ4v) is 1.18. The predicted molar refractivity (Wildman–Crippen MR) is 57.7 cm³/mol. The van der Waals surface area contributed by atoms with Gasteiger partial charge in [0.15, 0.2) is 5.69 Å². The SMILES string of the molecule is COCC(O)CNC(=O)c1ccc([N+](=O)[O-])[nH]1. The van der Waals surface area contributed by atoms with E-state index in [0.29, 0.717) is 0 Å². The van der Waals surface area contributed by atoms with Crippen LogP contribution in [0.5, 0.6) is 0 Å². The van der Waals surface area contributed by atoms with Gasteiger partial charge in [-0.2, -0.15) is 0 Å². The molecular formula is C9H13N3O5. The van der Waals surface area contributed by atoms with Crippen molar-refractivity contribution in [1.29, 1.82) is 0 Å². The van der Waals surface area contributed by atoms with Crippen LogP contribution in [0.25, 0.3) is 0 Å². The molecule has 8 nitrogen and oxygen atoms in total. The molecule has 0 bridgehead atoms. The van der Waals surface area contributed by atoms with Crippen LogP contribution in [0, 0.1) is 10.1 Å². The van der Waals surface area contributed by atoms with Gasteiger partial charge in [0.25, 0.3) is 5.91 Å². The first-order chi connectivity index (χ1) is 8.04. The Labute approximate surface area is 96.7 Å². The summed E-state index contributed by atoms with van der Waals surface area (Å²) in [6.45, 7) is 0.116. The number of ether oxygens (including phenoxy) is 1. The zero-order valence-corrected chi connectivity index (χ0v) is 9.17. The van der Waals surface area contributed by atoms with Crippen LogP contribution in [0.1, 0.15) is 10.5 Å². The number of amides is 1. The van der Waals surface area contributed by atoms with Crippen molar-refractivity contribution in [2.24, 2.45) is 0 Å². The molecule has 1 amide bonds. The Morgan fingerprint density at radius 1 is 1.71 bits per heavy atom. The van der Waals surface area contributed by atoms with Crippen LogP contribution in [-0.4, -0.2) is 47.3 Å². The summed E-state index contributed by atoms with van der Waals surface area (Å²) >= 11 is 0. The number of hydrogen-bond acceptors (Lipinski definition) is 5. The summed E-state index contributed by atoms with van der Waals surface area (Å²) < 4.78 is 4.68. The van der Waals surface area contributed by atoms with Crippen LogP contribution >= 0.6 is 0 Å². The first-order valence-corrected chi connectivity index (χ1v) is 4.83. The molecule has 0 aliphatic carbocycles. The summed E-state index contributed by atoms with van der Waals surface area (Å²) in [6.07, 6.45) is -0.811. The van der Waals surface area contributed by atoms with Crippen molar-refractivity contribution < 1.29 is 19.6 Å². The number of nitrogens with one attached hydrogen (secondary N) is 2. The maximum Gasteiger partial charge on any atom is 0.321 e. The first-order valence-electron chi connectivity index (χ1n) is 4.83. The van der Waals surface area contributed by atoms with Crippen LogP contribution in [0.3, 0.4) is 0 Å². The monoisotopic (exact) mass is 243 g/mol. The van der Waals surface area contributed by atoms with E-state index in [9.17, 15) is 20.0 Å². The van der Waals surface area contributed by atoms with E-state index in [1.165, 1.54) is 19.2 Å². The van der Waals surface area contributed by atoms with Crippen molar-refractivity contribution in [2.45, 2.75) is 6.10 Å². The molecule has 17 heavy (non-hydrogen) atoms. The molecular weight excluding hydrogens is 230 g/mol.